The van der Waals surface area contributed by atoms with Crippen molar-refractivity contribution in [3.63, 3.8) is 0 Å². The molecular weight excluding hydrogens is 592 g/mol. The number of para-hydroxylation sites is 1. The summed E-state index contributed by atoms with van der Waals surface area (Å²) in [7, 11) is -3.59. The highest BCUT2D eigenvalue weighted by Crippen LogP contribution is 2.41. The number of hydrogen-bond acceptors (Lipinski definition) is 10. The first-order valence-electron chi connectivity index (χ1n) is 14.1. The number of nitrogens with two attached hydrogens (primary N) is 1. The van der Waals surface area contributed by atoms with E-state index < -0.39 is 27.0 Å². The lowest BCUT2D eigenvalue weighted by molar-refractivity contribution is -0.119. The van der Waals surface area contributed by atoms with Crippen molar-refractivity contribution in [1.29, 1.82) is 0 Å². The molecule has 2 aromatic carbocycles. The van der Waals surface area contributed by atoms with Crippen molar-refractivity contribution in [2.75, 3.05) is 17.2 Å². The van der Waals surface area contributed by atoms with Gasteiger partial charge in [0.2, 0.25) is 11.9 Å². The lowest BCUT2D eigenvalue weighted by atomic mass is 9.87. The number of anilines is 4. The number of nitrogens with zero attached hydrogens (tertiary/aromatic N) is 2. The number of carbonyl (C=O) groups is 2. The van der Waals surface area contributed by atoms with Gasteiger partial charge in [0, 0.05) is 11.5 Å². The molecule has 5 rings (SSSR count). The summed E-state index contributed by atoms with van der Waals surface area (Å²) >= 11 is 6.41. The smallest absolute Gasteiger partial charge is 0.234 e. The number of amides is 1. The van der Waals surface area contributed by atoms with Crippen molar-refractivity contribution >= 4 is 56.3 Å². The average molecular weight is 627 g/mol. The highest BCUT2D eigenvalue weighted by atomic mass is 35.5. The largest absolute Gasteiger partial charge is 0.489 e. The normalized spacial score (nSPS) is 20.0. The number of benzene rings is 2. The maximum atomic E-state index is 13.5. The molecule has 43 heavy (non-hydrogen) atoms. The van der Waals surface area contributed by atoms with Crippen LogP contribution in [0.3, 0.4) is 0 Å². The summed E-state index contributed by atoms with van der Waals surface area (Å²) in [5.41, 5.74) is 7.76. The lowest BCUT2D eigenvalue weighted by Crippen LogP contribution is -2.36. The standard InChI is InChI=1S/C30H35ClN6O5S/c1-15(2)42-25-11-17-9-19(18-10-24(28(32)39)33-13-18)27(38)20(17)12-23(25)36-30-34-14-21(31)29(37-30)35-22-7-5-6-8-26(22)43(40,41)16(3)4/h5-8,11-12,14-16,18-19,24,33H,9-10,13H2,1-4H3,(H2,32,39)(H2,34,35,36,37)/t18?,19-,24-/m0/s1. The van der Waals surface area contributed by atoms with E-state index in [1.165, 1.54) is 12.3 Å². The number of rotatable bonds is 10. The summed E-state index contributed by atoms with van der Waals surface area (Å²) in [4.78, 5) is 34.2. The second-order valence-corrected chi connectivity index (χ2v) is 14.3. The van der Waals surface area contributed by atoms with Gasteiger partial charge in [0.15, 0.2) is 21.4 Å². The van der Waals surface area contributed by atoms with Crippen LogP contribution in [0.1, 0.15) is 50.0 Å². The minimum atomic E-state index is -3.59. The van der Waals surface area contributed by atoms with Gasteiger partial charge in [0.25, 0.3) is 0 Å². The Kier molecular flexibility index (Phi) is 8.64. The Morgan fingerprint density at radius 3 is 2.56 bits per heavy atom. The number of ketones is 1. The number of hydrogen-bond donors (Lipinski definition) is 4. The molecule has 0 radical (unpaired) electrons. The number of aromatic nitrogens is 2. The summed E-state index contributed by atoms with van der Waals surface area (Å²) in [5.74, 6) is 0.226. The van der Waals surface area contributed by atoms with Gasteiger partial charge in [0.1, 0.15) is 10.8 Å². The highest BCUT2D eigenvalue weighted by Gasteiger charge is 2.41. The second-order valence-electron chi connectivity index (χ2n) is 11.4. The van der Waals surface area contributed by atoms with Gasteiger partial charge < -0.3 is 26.4 Å². The Hall–Kier alpha value is -3.74. The molecule has 1 aliphatic carbocycles. The van der Waals surface area contributed by atoms with Crippen LogP contribution in [0, 0.1) is 11.8 Å². The molecule has 1 saturated heterocycles. The molecule has 2 aliphatic rings. The third-order valence-electron chi connectivity index (χ3n) is 7.75. The van der Waals surface area contributed by atoms with Gasteiger partial charge >= 0.3 is 0 Å². The molecular formula is C30H35ClN6O5S. The average Bonchev–Trinajstić information content (AvgIpc) is 3.56. The number of ether oxygens (including phenoxy) is 1. The Labute approximate surface area is 255 Å². The number of halogens is 1. The number of Topliss-reactive ketones (excluding diaryl/α,β-unsaturated/α-hetero) is 1. The Balaban J connectivity index is 1.44. The quantitative estimate of drug-likeness (QED) is 0.253. The molecule has 1 fully saturated rings. The maximum Gasteiger partial charge on any atom is 0.234 e. The highest BCUT2D eigenvalue weighted by molar-refractivity contribution is 7.92. The van der Waals surface area contributed by atoms with Crippen molar-refractivity contribution in [3.05, 3.63) is 58.7 Å². The summed E-state index contributed by atoms with van der Waals surface area (Å²) in [6.45, 7) is 7.60. The second kappa shape index (κ2) is 12.1. The molecule has 0 saturated carbocycles. The predicted molar refractivity (Wildman–Crippen MR) is 165 cm³/mol. The van der Waals surface area contributed by atoms with Gasteiger partial charge in [-0.1, -0.05) is 23.7 Å². The van der Waals surface area contributed by atoms with Crippen molar-refractivity contribution < 1.29 is 22.7 Å². The Morgan fingerprint density at radius 2 is 1.88 bits per heavy atom. The number of carbonyl (C=O) groups excluding carboxylic acids is 2. The van der Waals surface area contributed by atoms with E-state index in [4.69, 9.17) is 22.1 Å². The molecule has 11 nitrogen and oxygen atoms in total. The first-order valence-corrected chi connectivity index (χ1v) is 16.1. The fourth-order valence-electron chi connectivity index (χ4n) is 5.50. The van der Waals surface area contributed by atoms with Crippen LogP contribution < -0.4 is 26.4 Å². The van der Waals surface area contributed by atoms with Gasteiger partial charge in [-0.05, 0) is 82.8 Å². The van der Waals surface area contributed by atoms with Crippen molar-refractivity contribution in [2.24, 2.45) is 17.6 Å². The van der Waals surface area contributed by atoms with Crippen LogP contribution in [-0.4, -0.2) is 54.0 Å². The minimum absolute atomic E-state index is 0.00102. The third kappa shape index (κ3) is 6.31. The van der Waals surface area contributed by atoms with E-state index in [1.54, 1.807) is 38.1 Å². The van der Waals surface area contributed by atoms with Gasteiger partial charge in [-0.15, -0.1) is 0 Å². The van der Waals surface area contributed by atoms with Crippen LogP contribution in [0.4, 0.5) is 23.1 Å². The van der Waals surface area contributed by atoms with E-state index in [1.807, 2.05) is 19.9 Å². The lowest BCUT2D eigenvalue weighted by Gasteiger charge is -2.18. The number of nitrogens with one attached hydrogen (secondary N) is 3. The molecule has 0 bridgehead atoms. The third-order valence-corrected chi connectivity index (χ3v) is 10.2. The molecule has 228 valence electrons. The molecule has 2 heterocycles. The van der Waals surface area contributed by atoms with E-state index >= 15 is 0 Å². The SMILES string of the molecule is CC(C)Oc1cc2c(cc1Nc1ncc(Cl)c(Nc3ccccc3S(=O)(=O)C(C)C)n1)C(=O)[C@H](C1CN[C@H](C(N)=O)C1)C2. The number of fused-ring (bicyclic) bond motifs is 1. The molecule has 5 N–H and O–H groups in total. The van der Waals surface area contributed by atoms with Crippen LogP contribution in [0.5, 0.6) is 5.75 Å². The zero-order valence-corrected chi connectivity index (χ0v) is 25.9. The topological polar surface area (TPSA) is 165 Å². The van der Waals surface area contributed by atoms with Gasteiger partial charge in [-0.3, -0.25) is 9.59 Å². The molecule has 1 unspecified atom stereocenters. The zero-order chi connectivity index (χ0) is 31.1. The van der Waals surface area contributed by atoms with Crippen LogP contribution in [0.15, 0.2) is 47.5 Å². The molecule has 1 aliphatic heterocycles. The van der Waals surface area contributed by atoms with E-state index in [0.29, 0.717) is 42.1 Å². The van der Waals surface area contributed by atoms with E-state index in [2.05, 4.69) is 25.9 Å². The molecule has 1 amide bonds. The summed E-state index contributed by atoms with van der Waals surface area (Å²) in [6, 6.07) is 9.74. The van der Waals surface area contributed by atoms with Crippen molar-refractivity contribution in [3.8, 4) is 5.75 Å². The molecule has 3 atom stereocenters. The van der Waals surface area contributed by atoms with E-state index in [9.17, 15) is 18.0 Å². The van der Waals surface area contributed by atoms with Gasteiger partial charge in [-0.2, -0.15) is 4.98 Å². The summed E-state index contributed by atoms with van der Waals surface area (Å²) in [6.07, 6.45) is 2.32. The van der Waals surface area contributed by atoms with Crippen LogP contribution in [0.2, 0.25) is 5.02 Å². The van der Waals surface area contributed by atoms with E-state index in [0.717, 1.165) is 5.56 Å². The Bertz CT molecular complexity index is 1680. The molecule has 13 heteroatoms. The number of sulfone groups is 1. The predicted octanol–water partition coefficient (Wildman–Crippen LogP) is 4.40. The van der Waals surface area contributed by atoms with Crippen LogP contribution in [-0.2, 0) is 21.1 Å². The van der Waals surface area contributed by atoms with Crippen molar-refractivity contribution in [2.45, 2.75) is 62.8 Å². The van der Waals surface area contributed by atoms with Crippen LogP contribution in [0.25, 0.3) is 0 Å². The first-order chi connectivity index (χ1) is 20.3. The fourth-order valence-corrected chi connectivity index (χ4v) is 6.84. The van der Waals surface area contributed by atoms with Crippen molar-refractivity contribution in [1.82, 2.24) is 15.3 Å². The minimum Gasteiger partial charge on any atom is -0.489 e. The number of primary amides is 1. The fraction of sp³-hybridized carbons (Fsp3) is 0.400. The molecule has 0 spiro atoms. The first kappa shape index (κ1) is 30.7. The maximum absolute atomic E-state index is 13.5. The molecule has 3 aromatic rings. The summed E-state index contributed by atoms with van der Waals surface area (Å²) < 4.78 is 32.0. The molecule has 1 aromatic heterocycles. The van der Waals surface area contributed by atoms with E-state index in [-0.39, 0.29) is 45.4 Å². The summed E-state index contributed by atoms with van der Waals surface area (Å²) in [5, 5.41) is 8.90. The van der Waals surface area contributed by atoms with Gasteiger partial charge in [-0.25, -0.2) is 13.4 Å². The zero-order valence-electron chi connectivity index (χ0n) is 24.3. The Morgan fingerprint density at radius 1 is 1.14 bits per heavy atom. The van der Waals surface area contributed by atoms with Crippen LogP contribution >= 0.6 is 11.6 Å². The van der Waals surface area contributed by atoms with Gasteiger partial charge in [0.05, 0.1) is 39.9 Å². The monoisotopic (exact) mass is 626 g/mol.